The molecule has 0 aromatic heterocycles. The van der Waals surface area contributed by atoms with Crippen LogP contribution in [0.25, 0.3) is 0 Å². The van der Waals surface area contributed by atoms with Gasteiger partial charge in [-0.05, 0) is 92.1 Å². The highest BCUT2D eigenvalue weighted by atomic mass is 16.5. The number of esters is 2. The highest BCUT2D eigenvalue weighted by Gasteiger charge is 2.05. The quantitative estimate of drug-likeness (QED) is 0.0648. The molecule has 0 bridgehead atoms. The number of benzene rings is 3. The summed E-state index contributed by atoms with van der Waals surface area (Å²) in [6.07, 6.45) is 8.61. The number of hydrogen-bond acceptors (Lipinski definition) is 10. The van der Waals surface area contributed by atoms with E-state index in [4.69, 9.17) is 14.2 Å². The first kappa shape index (κ1) is 36.9. The number of rotatable bonds is 21. The number of carbonyl (C=O) groups is 2. The van der Waals surface area contributed by atoms with Crippen molar-refractivity contribution in [3.05, 3.63) is 72.3 Å². The normalized spacial score (nSPS) is 11.2. The molecule has 3 rings (SSSR count). The smallest absolute Gasteiger partial charge is 0.305 e. The Morgan fingerprint density at radius 3 is 1.74 bits per heavy atom. The number of ether oxygens (including phenoxy) is 3. The van der Waals surface area contributed by atoms with Gasteiger partial charge < -0.3 is 19.1 Å². The molecule has 0 heterocycles. The largest absolute Gasteiger partial charge is 0.494 e. The molecule has 10 nitrogen and oxygen atoms in total. The SMILES string of the molecule is CCC(=O)OCCCCCCCCCOc1ccc(N=Nc2ccc(N=Nc3ccc(N(C)CCOC(=O)CC)cc3)cc2C)cc1. The molecule has 0 saturated carbocycles. The molecule has 0 unspecified atom stereocenters. The monoisotopic (exact) mass is 643 g/mol. The van der Waals surface area contributed by atoms with E-state index in [-0.39, 0.29) is 11.9 Å². The van der Waals surface area contributed by atoms with Crippen molar-refractivity contribution in [2.45, 2.75) is 78.6 Å². The van der Waals surface area contributed by atoms with Crippen LogP contribution in [-0.2, 0) is 19.1 Å². The molecular formula is C37H49N5O5. The maximum atomic E-state index is 11.3. The molecule has 0 aliphatic heterocycles. The first-order chi connectivity index (χ1) is 22.9. The number of likely N-dealkylation sites (N-methyl/N-ethyl adjacent to an activating group) is 1. The van der Waals surface area contributed by atoms with Crippen molar-refractivity contribution in [2.24, 2.45) is 20.5 Å². The first-order valence-electron chi connectivity index (χ1n) is 16.7. The van der Waals surface area contributed by atoms with Gasteiger partial charge in [-0.3, -0.25) is 9.59 Å². The second-order valence-corrected chi connectivity index (χ2v) is 11.3. The highest BCUT2D eigenvalue weighted by Crippen LogP contribution is 2.28. The van der Waals surface area contributed by atoms with Crippen molar-refractivity contribution in [3.63, 3.8) is 0 Å². The molecule has 3 aromatic rings. The summed E-state index contributed by atoms with van der Waals surface area (Å²) in [5.41, 5.74) is 4.94. The van der Waals surface area contributed by atoms with E-state index in [1.54, 1.807) is 6.92 Å². The Labute approximate surface area is 279 Å². The summed E-state index contributed by atoms with van der Waals surface area (Å²) in [5.74, 6) is 0.522. The lowest BCUT2D eigenvalue weighted by Gasteiger charge is -2.19. The van der Waals surface area contributed by atoms with Gasteiger partial charge in [-0.1, -0.05) is 46.0 Å². The van der Waals surface area contributed by atoms with Crippen molar-refractivity contribution in [1.82, 2.24) is 0 Å². The van der Waals surface area contributed by atoms with Gasteiger partial charge in [0.15, 0.2) is 0 Å². The van der Waals surface area contributed by atoms with Gasteiger partial charge in [0.25, 0.3) is 0 Å². The highest BCUT2D eigenvalue weighted by molar-refractivity contribution is 5.69. The molecule has 0 N–H and O–H groups in total. The van der Waals surface area contributed by atoms with Crippen molar-refractivity contribution in [1.29, 1.82) is 0 Å². The Hall–Kier alpha value is -4.60. The second-order valence-electron chi connectivity index (χ2n) is 11.3. The van der Waals surface area contributed by atoms with Crippen LogP contribution in [-0.4, -0.2) is 45.4 Å². The Kier molecular flexibility index (Phi) is 16.7. The molecule has 0 aliphatic rings. The zero-order chi connectivity index (χ0) is 33.7. The molecule has 0 fully saturated rings. The van der Waals surface area contributed by atoms with E-state index in [0.717, 1.165) is 65.4 Å². The number of aryl methyl sites for hydroxylation is 1. The predicted molar refractivity (Wildman–Crippen MR) is 186 cm³/mol. The average Bonchev–Trinajstić information content (AvgIpc) is 3.09. The zero-order valence-corrected chi connectivity index (χ0v) is 28.3. The Balaban J connectivity index is 1.35. The fraction of sp³-hybridized carbons (Fsp3) is 0.459. The van der Waals surface area contributed by atoms with Crippen LogP contribution in [0.15, 0.2) is 87.2 Å². The summed E-state index contributed by atoms with van der Waals surface area (Å²) >= 11 is 0. The van der Waals surface area contributed by atoms with E-state index in [1.165, 1.54) is 19.3 Å². The minimum atomic E-state index is -0.191. The van der Waals surface area contributed by atoms with E-state index < -0.39 is 0 Å². The molecular weight excluding hydrogens is 594 g/mol. The molecule has 0 aliphatic carbocycles. The lowest BCUT2D eigenvalue weighted by Crippen LogP contribution is -2.23. The van der Waals surface area contributed by atoms with Crippen LogP contribution in [0.3, 0.4) is 0 Å². The third-order valence-electron chi connectivity index (χ3n) is 7.45. The van der Waals surface area contributed by atoms with E-state index in [2.05, 4.69) is 20.5 Å². The Morgan fingerprint density at radius 2 is 1.13 bits per heavy atom. The average molecular weight is 644 g/mol. The van der Waals surface area contributed by atoms with Gasteiger partial charge in [-0.25, -0.2) is 0 Å². The van der Waals surface area contributed by atoms with E-state index >= 15 is 0 Å². The van der Waals surface area contributed by atoms with Gasteiger partial charge >= 0.3 is 11.9 Å². The van der Waals surface area contributed by atoms with Gasteiger partial charge in [-0.2, -0.15) is 20.5 Å². The molecule has 252 valence electrons. The summed E-state index contributed by atoms with van der Waals surface area (Å²) in [6, 6.07) is 21.1. The summed E-state index contributed by atoms with van der Waals surface area (Å²) in [7, 11) is 1.95. The van der Waals surface area contributed by atoms with Gasteiger partial charge in [0, 0.05) is 25.6 Å². The second kappa shape index (κ2) is 21.2. The molecule has 0 radical (unpaired) electrons. The van der Waals surface area contributed by atoms with E-state index in [1.807, 2.05) is 92.5 Å². The van der Waals surface area contributed by atoms with Crippen molar-refractivity contribution < 1.29 is 23.8 Å². The minimum absolute atomic E-state index is 0.114. The van der Waals surface area contributed by atoms with Gasteiger partial charge in [0.1, 0.15) is 12.4 Å². The van der Waals surface area contributed by atoms with Gasteiger partial charge in [0.05, 0.1) is 42.5 Å². The van der Waals surface area contributed by atoms with Crippen LogP contribution < -0.4 is 9.64 Å². The molecule has 10 heteroatoms. The van der Waals surface area contributed by atoms with Crippen LogP contribution in [0, 0.1) is 6.92 Å². The van der Waals surface area contributed by atoms with Crippen molar-refractivity contribution >= 4 is 40.4 Å². The number of anilines is 1. The number of hydrogen-bond donors (Lipinski definition) is 0. The molecule has 0 saturated heterocycles. The molecule has 0 atom stereocenters. The fourth-order valence-electron chi connectivity index (χ4n) is 4.52. The third kappa shape index (κ3) is 14.6. The summed E-state index contributed by atoms with van der Waals surface area (Å²) in [6.45, 7) is 7.77. The van der Waals surface area contributed by atoms with Crippen LogP contribution in [0.1, 0.15) is 77.2 Å². The van der Waals surface area contributed by atoms with Crippen LogP contribution in [0.5, 0.6) is 5.75 Å². The maximum Gasteiger partial charge on any atom is 0.305 e. The predicted octanol–water partition coefficient (Wildman–Crippen LogP) is 10.3. The number of nitrogens with zero attached hydrogens (tertiary/aromatic N) is 5. The summed E-state index contributed by atoms with van der Waals surface area (Å²) in [4.78, 5) is 24.4. The third-order valence-corrected chi connectivity index (χ3v) is 7.45. The number of carbonyl (C=O) groups excluding carboxylic acids is 2. The maximum absolute atomic E-state index is 11.3. The molecule has 0 amide bonds. The topological polar surface area (TPSA) is 115 Å². The fourth-order valence-corrected chi connectivity index (χ4v) is 4.52. The van der Waals surface area contributed by atoms with Crippen LogP contribution in [0.2, 0.25) is 0 Å². The number of unbranched alkanes of at least 4 members (excludes halogenated alkanes) is 6. The standard InChI is InChI=1S/C37H49N5O5/c1-5-36(43)46-26-13-11-9-7-8-10-12-25-45-34-21-16-31(17-22-34)39-41-35-23-18-32(28-29(35)3)40-38-30-14-19-33(20-15-30)42(4)24-27-47-37(44)6-2/h14-23,28H,5-13,24-27H2,1-4H3. The van der Waals surface area contributed by atoms with Gasteiger partial charge in [0.2, 0.25) is 0 Å². The zero-order valence-electron chi connectivity index (χ0n) is 28.3. The first-order valence-corrected chi connectivity index (χ1v) is 16.7. The summed E-state index contributed by atoms with van der Waals surface area (Å²) < 4.78 is 16.1. The molecule has 3 aromatic carbocycles. The minimum Gasteiger partial charge on any atom is -0.494 e. The number of azo groups is 2. The van der Waals surface area contributed by atoms with Crippen molar-refractivity contribution in [3.8, 4) is 5.75 Å². The lowest BCUT2D eigenvalue weighted by atomic mass is 10.1. The van der Waals surface area contributed by atoms with Gasteiger partial charge in [-0.15, -0.1) is 0 Å². The van der Waals surface area contributed by atoms with Crippen LogP contribution >= 0.6 is 0 Å². The lowest BCUT2D eigenvalue weighted by molar-refractivity contribution is -0.144. The van der Waals surface area contributed by atoms with Crippen LogP contribution in [0.4, 0.5) is 28.4 Å². The van der Waals surface area contributed by atoms with E-state index in [9.17, 15) is 9.59 Å². The molecule has 47 heavy (non-hydrogen) atoms. The Bertz CT molecular complexity index is 1420. The summed E-state index contributed by atoms with van der Waals surface area (Å²) in [5, 5.41) is 17.6. The Morgan fingerprint density at radius 1 is 0.617 bits per heavy atom. The van der Waals surface area contributed by atoms with Crippen molar-refractivity contribution in [2.75, 3.05) is 38.3 Å². The molecule has 0 spiro atoms. The van der Waals surface area contributed by atoms with E-state index in [0.29, 0.717) is 39.2 Å².